The number of fused-ring (bicyclic) bond motifs is 3. The predicted octanol–water partition coefficient (Wildman–Crippen LogP) is 4.76. The molecule has 1 atom stereocenters. The second-order valence-corrected chi connectivity index (χ2v) is 9.93. The van der Waals surface area contributed by atoms with Crippen LogP contribution in [0, 0.1) is 5.92 Å². The van der Waals surface area contributed by atoms with Crippen LogP contribution in [0.1, 0.15) is 34.1 Å². The number of carbonyl (C=O) groups is 1. The molecule has 8 heteroatoms. The van der Waals surface area contributed by atoms with Gasteiger partial charge in [-0.15, -0.1) is 17.9 Å². The third-order valence-electron chi connectivity index (χ3n) is 5.73. The summed E-state index contributed by atoms with van der Waals surface area (Å²) in [6.07, 6.45) is 4.70. The summed E-state index contributed by atoms with van der Waals surface area (Å²) in [6, 6.07) is 5.12. The van der Waals surface area contributed by atoms with Crippen LogP contribution in [0.25, 0.3) is 10.2 Å². The lowest BCUT2D eigenvalue weighted by molar-refractivity contribution is 0.101. The maximum atomic E-state index is 13.4. The van der Waals surface area contributed by atoms with Crippen molar-refractivity contribution in [2.45, 2.75) is 37.9 Å². The van der Waals surface area contributed by atoms with Crippen LogP contribution in [-0.4, -0.2) is 35.3 Å². The fraction of sp³-hybridized carbons (Fsp3) is 0.375. The fourth-order valence-corrected chi connectivity index (χ4v) is 6.36. The Morgan fingerprint density at radius 1 is 1.38 bits per heavy atom. The molecule has 168 valence electrons. The number of benzene rings is 1. The number of thioether (sulfide) groups is 1. The van der Waals surface area contributed by atoms with Crippen LogP contribution in [0.5, 0.6) is 11.5 Å². The number of hydrogen-bond donors (Lipinski definition) is 0. The van der Waals surface area contributed by atoms with Crippen LogP contribution in [0.3, 0.4) is 0 Å². The van der Waals surface area contributed by atoms with E-state index >= 15 is 0 Å². The van der Waals surface area contributed by atoms with Crippen molar-refractivity contribution < 1.29 is 14.3 Å². The number of rotatable bonds is 8. The van der Waals surface area contributed by atoms with E-state index in [1.54, 1.807) is 47.3 Å². The summed E-state index contributed by atoms with van der Waals surface area (Å²) in [4.78, 5) is 33.2. The number of ketones is 1. The first-order chi connectivity index (χ1) is 15.5. The van der Waals surface area contributed by atoms with Crippen molar-refractivity contribution in [2.24, 2.45) is 5.92 Å². The van der Waals surface area contributed by atoms with E-state index in [0.717, 1.165) is 35.0 Å². The lowest BCUT2D eigenvalue weighted by Gasteiger charge is -2.17. The van der Waals surface area contributed by atoms with Crippen molar-refractivity contribution in [3.63, 3.8) is 0 Å². The maximum absolute atomic E-state index is 13.4. The van der Waals surface area contributed by atoms with Crippen molar-refractivity contribution in [2.75, 3.05) is 20.0 Å². The molecular formula is C24H26N2O4S2. The lowest BCUT2D eigenvalue weighted by atomic mass is 9.89. The smallest absolute Gasteiger partial charge is 0.263 e. The van der Waals surface area contributed by atoms with Gasteiger partial charge in [-0.2, -0.15) is 0 Å². The number of methoxy groups -OCH3 is 2. The molecule has 0 amide bonds. The predicted molar refractivity (Wildman–Crippen MR) is 130 cm³/mol. The summed E-state index contributed by atoms with van der Waals surface area (Å²) in [5.41, 5.74) is 1.59. The average Bonchev–Trinajstić information content (AvgIpc) is 3.16. The second kappa shape index (κ2) is 9.50. The SMILES string of the molecule is C=CCn1c(SCC(=O)c2ccc(OC)cc2OC)nc2sc3c(c2c1=O)CCC(C)C3. The molecule has 2 heterocycles. The maximum Gasteiger partial charge on any atom is 0.263 e. The third-order valence-corrected chi connectivity index (χ3v) is 7.86. The molecule has 6 nitrogen and oxygen atoms in total. The number of aryl methyl sites for hydroxylation is 1. The first kappa shape index (κ1) is 22.6. The van der Waals surface area contributed by atoms with Crippen molar-refractivity contribution in [1.82, 2.24) is 9.55 Å². The molecule has 2 aromatic heterocycles. The molecular weight excluding hydrogens is 444 g/mol. The molecule has 0 bridgehead atoms. The van der Waals surface area contributed by atoms with Gasteiger partial charge in [0.25, 0.3) is 5.56 Å². The quantitative estimate of drug-likeness (QED) is 0.205. The van der Waals surface area contributed by atoms with Gasteiger partial charge < -0.3 is 9.47 Å². The highest BCUT2D eigenvalue weighted by Crippen LogP contribution is 2.36. The highest BCUT2D eigenvalue weighted by Gasteiger charge is 2.25. The number of Topliss-reactive ketones (excluding diaryl/α,β-unsaturated/α-hetero) is 1. The number of allylic oxidation sites excluding steroid dienone is 1. The van der Waals surface area contributed by atoms with Gasteiger partial charge in [-0.25, -0.2) is 4.98 Å². The summed E-state index contributed by atoms with van der Waals surface area (Å²) in [6.45, 7) is 6.40. The van der Waals surface area contributed by atoms with E-state index in [4.69, 9.17) is 14.5 Å². The van der Waals surface area contributed by atoms with Gasteiger partial charge in [0.05, 0.1) is 30.9 Å². The van der Waals surface area contributed by atoms with Crippen LogP contribution in [0.4, 0.5) is 0 Å². The molecule has 0 radical (unpaired) electrons. The minimum atomic E-state index is -0.103. The molecule has 32 heavy (non-hydrogen) atoms. The highest BCUT2D eigenvalue weighted by atomic mass is 32.2. The van der Waals surface area contributed by atoms with Gasteiger partial charge >= 0.3 is 0 Å². The van der Waals surface area contributed by atoms with E-state index in [1.807, 2.05) is 0 Å². The van der Waals surface area contributed by atoms with E-state index < -0.39 is 0 Å². The number of aromatic nitrogens is 2. The van der Waals surface area contributed by atoms with Gasteiger partial charge in [0.15, 0.2) is 10.9 Å². The minimum absolute atomic E-state index is 0.0427. The largest absolute Gasteiger partial charge is 0.497 e. The Morgan fingerprint density at radius 2 is 2.19 bits per heavy atom. The van der Waals surface area contributed by atoms with Crippen LogP contribution in [-0.2, 0) is 19.4 Å². The highest BCUT2D eigenvalue weighted by molar-refractivity contribution is 7.99. The number of hydrogen-bond acceptors (Lipinski definition) is 7. The second-order valence-electron chi connectivity index (χ2n) is 7.91. The van der Waals surface area contributed by atoms with Crippen LogP contribution >= 0.6 is 23.1 Å². The first-order valence-electron chi connectivity index (χ1n) is 10.5. The molecule has 1 aromatic carbocycles. The number of ether oxygens (including phenoxy) is 2. The molecule has 0 saturated carbocycles. The van der Waals surface area contributed by atoms with Crippen molar-refractivity contribution in [1.29, 1.82) is 0 Å². The molecule has 3 aromatic rings. The Bertz CT molecular complexity index is 1250. The van der Waals surface area contributed by atoms with Gasteiger partial charge in [-0.3, -0.25) is 14.2 Å². The lowest BCUT2D eigenvalue weighted by Crippen LogP contribution is -2.24. The molecule has 0 aliphatic heterocycles. The Balaban J connectivity index is 1.67. The Hall–Kier alpha value is -2.58. The number of carbonyl (C=O) groups excluding carboxylic acids is 1. The average molecular weight is 471 g/mol. The number of nitrogens with zero attached hydrogens (tertiary/aromatic N) is 2. The Morgan fingerprint density at radius 3 is 2.91 bits per heavy atom. The number of thiophene rings is 1. The standard InChI is InChI=1S/C24H26N2O4S2/c1-5-10-26-23(28)21-17-8-6-14(2)11-20(17)32-22(21)25-24(26)31-13-18(27)16-9-7-15(29-3)12-19(16)30-4/h5,7,9,12,14H,1,6,8,10-11,13H2,2-4H3. The molecule has 1 aliphatic rings. The molecule has 4 rings (SSSR count). The van der Waals surface area contributed by atoms with Gasteiger partial charge in [0.1, 0.15) is 16.3 Å². The van der Waals surface area contributed by atoms with Gasteiger partial charge in [0, 0.05) is 17.5 Å². The van der Waals surface area contributed by atoms with E-state index in [0.29, 0.717) is 34.7 Å². The topological polar surface area (TPSA) is 70.4 Å². The Kier molecular flexibility index (Phi) is 6.71. The van der Waals surface area contributed by atoms with Crippen LogP contribution in [0.15, 0.2) is 40.8 Å². The summed E-state index contributed by atoms with van der Waals surface area (Å²) in [5.74, 6) is 1.74. The summed E-state index contributed by atoms with van der Waals surface area (Å²) in [5, 5.41) is 1.28. The van der Waals surface area contributed by atoms with E-state index in [1.165, 1.54) is 23.7 Å². The van der Waals surface area contributed by atoms with Crippen molar-refractivity contribution >= 4 is 39.1 Å². The van der Waals surface area contributed by atoms with Gasteiger partial charge in [0.2, 0.25) is 0 Å². The zero-order valence-corrected chi connectivity index (χ0v) is 20.1. The van der Waals surface area contributed by atoms with Crippen LogP contribution in [0.2, 0.25) is 0 Å². The summed E-state index contributed by atoms with van der Waals surface area (Å²) in [7, 11) is 3.09. The van der Waals surface area contributed by atoms with Crippen molar-refractivity contribution in [3.05, 3.63) is 57.2 Å². The monoisotopic (exact) mass is 470 g/mol. The molecule has 0 saturated heterocycles. The molecule has 1 unspecified atom stereocenters. The minimum Gasteiger partial charge on any atom is -0.497 e. The van der Waals surface area contributed by atoms with Gasteiger partial charge in [-0.1, -0.05) is 24.8 Å². The van der Waals surface area contributed by atoms with E-state index in [9.17, 15) is 9.59 Å². The van der Waals surface area contributed by atoms with E-state index in [-0.39, 0.29) is 17.1 Å². The molecule has 1 aliphatic carbocycles. The fourth-order valence-electron chi connectivity index (χ4n) is 4.04. The molecule has 0 spiro atoms. The summed E-state index contributed by atoms with van der Waals surface area (Å²) >= 11 is 2.89. The normalized spacial score (nSPS) is 15.4. The first-order valence-corrected chi connectivity index (χ1v) is 12.3. The molecule has 0 N–H and O–H groups in total. The molecule has 0 fully saturated rings. The summed E-state index contributed by atoms with van der Waals surface area (Å²) < 4.78 is 12.2. The van der Waals surface area contributed by atoms with Crippen LogP contribution < -0.4 is 15.0 Å². The third kappa shape index (κ3) is 4.21. The Labute approximate surface area is 195 Å². The van der Waals surface area contributed by atoms with Crippen molar-refractivity contribution in [3.8, 4) is 11.5 Å². The van der Waals surface area contributed by atoms with Gasteiger partial charge in [-0.05, 0) is 42.9 Å². The zero-order valence-electron chi connectivity index (χ0n) is 18.5. The van der Waals surface area contributed by atoms with E-state index in [2.05, 4.69) is 13.5 Å². The zero-order chi connectivity index (χ0) is 22.8.